The van der Waals surface area contributed by atoms with Gasteiger partial charge in [-0.3, -0.25) is 0 Å². The summed E-state index contributed by atoms with van der Waals surface area (Å²) in [5.41, 5.74) is 2.37. The van der Waals surface area contributed by atoms with Crippen molar-refractivity contribution < 1.29 is 18.3 Å². The van der Waals surface area contributed by atoms with E-state index in [9.17, 15) is 13.6 Å². The average Bonchev–Trinajstić information content (AvgIpc) is 2.84. The normalized spacial score (nSPS) is 19.1. The second-order valence-corrected chi connectivity index (χ2v) is 9.17. The first-order valence-corrected chi connectivity index (χ1v) is 12.2. The molecule has 2 aliphatic rings. The average molecular weight is 473 g/mol. The van der Waals surface area contributed by atoms with Crippen LogP contribution in [0.5, 0.6) is 0 Å². The highest BCUT2D eigenvalue weighted by molar-refractivity contribution is 5.89. The maximum atomic E-state index is 14.1. The van der Waals surface area contributed by atoms with E-state index in [0.29, 0.717) is 44.5 Å². The summed E-state index contributed by atoms with van der Waals surface area (Å²) in [5, 5.41) is 5.63. The van der Waals surface area contributed by atoms with Crippen molar-refractivity contribution in [2.75, 3.05) is 62.7 Å². The summed E-state index contributed by atoms with van der Waals surface area (Å²) in [5.74, 6) is 0.00388. The van der Waals surface area contributed by atoms with Gasteiger partial charge >= 0.3 is 6.03 Å². The lowest BCUT2D eigenvalue weighted by Gasteiger charge is -2.32. The highest BCUT2D eigenvalue weighted by Crippen LogP contribution is 2.23. The van der Waals surface area contributed by atoms with E-state index < -0.39 is 0 Å². The van der Waals surface area contributed by atoms with Crippen molar-refractivity contribution in [2.24, 2.45) is 5.92 Å². The number of benzene rings is 2. The monoisotopic (exact) mass is 472 g/mol. The summed E-state index contributed by atoms with van der Waals surface area (Å²) in [4.78, 5) is 16.8. The minimum atomic E-state index is -0.375. The van der Waals surface area contributed by atoms with Crippen molar-refractivity contribution in [1.29, 1.82) is 0 Å². The fraction of sp³-hybridized carbons (Fsp3) is 0.500. The van der Waals surface area contributed by atoms with Gasteiger partial charge in [0.2, 0.25) is 0 Å². The van der Waals surface area contributed by atoms with Gasteiger partial charge in [0.1, 0.15) is 11.6 Å². The summed E-state index contributed by atoms with van der Waals surface area (Å²) in [6.07, 6.45) is 4.16. The summed E-state index contributed by atoms with van der Waals surface area (Å²) in [6, 6.07) is 11.1. The van der Waals surface area contributed by atoms with Gasteiger partial charge in [-0.2, -0.15) is 0 Å². The summed E-state index contributed by atoms with van der Waals surface area (Å²) in [6.45, 7) is 6.20. The third-order valence-corrected chi connectivity index (χ3v) is 6.49. The minimum Gasteiger partial charge on any atom is -0.378 e. The maximum absolute atomic E-state index is 14.1. The van der Waals surface area contributed by atoms with Crippen LogP contribution in [-0.2, 0) is 11.2 Å². The van der Waals surface area contributed by atoms with Gasteiger partial charge in [-0.25, -0.2) is 13.6 Å². The number of piperidine rings is 1. The highest BCUT2D eigenvalue weighted by atomic mass is 19.1. The Labute approximate surface area is 200 Å². The van der Waals surface area contributed by atoms with Gasteiger partial charge in [0.25, 0.3) is 0 Å². The number of hydrogen-bond acceptors (Lipinski definition) is 4. The molecule has 2 aromatic carbocycles. The van der Waals surface area contributed by atoms with Gasteiger partial charge in [0.15, 0.2) is 0 Å². The maximum Gasteiger partial charge on any atom is 0.319 e. The van der Waals surface area contributed by atoms with Crippen LogP contribution in [0.25, 0.3) is 0 Å². The Bertz CT molecular complexity index is 935. The molecule has 2 amide bonds. The van der Waals surface area contributed by atoms with Gasteiger partial charge in [-0.05, 0) is 80.6 Å². The zero-order valence-electron chi connectivity index (χ0n) is 19.6. The number of carbonyl (C=O) groups is 1. The molecule has 0 radical (unpaired) electrons. The molecule has 2 N–H and O–H groups in total. The van der Waals surface area contributed by atoms with Crippen molar-refractivity contribution in [3.63, 3.8) is 0 Å². The second-order valence-electron chi connectivity index (χ2n) is 9.17. The topological polar surface area (TPSA) is 56.8 Å². The van der Waals surface area contributed by atoms with Crippen LogP contribution in [0.3, 0.4) is 0 Å². The van der Waals surface area contributed by atoms with Crippen LogP contribution in [-0.4, -0.2) is 63.4 Å². The van der Waals surface area contributed by atoms with Crippen molar-refractivity contribution in [3.8, 4) is 0 Å². The number of ether oxygens (including phenoxy) is 1. The molecule has 4 rings (SSSR count). The van der Waals surface area contributed by atoms with E-state index in [1.54, 1.807) is 6.07 Å². The number of morpholine rings is 1. The molecule has 0 aliphatic carbocycles. The van der Waals surface area contributed by atoms with Gasteiger partial charge in [0, 0.05) is 37.6 Å². The number of rotatable bonds is 8. The van der Waals surface area contributed by atoms with Gasteiger partial charge < -0.3 is 25.2 Å². The zero-order valence-corrected chi connectivity index (χ0v) is 19.6. The molecule has 2 fully saturated rings. The Morgan fingerprint density at radius 1 is 1.03 bits per heavy atom. The number of amides is 2. The Morgan fingerprint density at radius 2 is 1.82 bits per heavy atom. The van der Waals surface area contributed by atoms with E-state index in [1.807, 2.05) is 12.1 Å². The van der Waals surface area contributed by atoms with Crippen LogP contribution in [0.15, 0.2) is 42.5 Å². The molecule has 184 valence electrons. The molecule has 6 nitrogen and oxygen atoms in total. The summed E-state index contributed by atoms with van der Waals surface area (Å²) >= 11 is 0. The van der Waals surface area contributed by atoms with Crippen LogP contribution >= 0.6 is 0 Å². The van der Waals surface area contributed by atoms with Gasteiger partial charge in [-0.15, -0.1) is 0 Å². The number of carbonyl (C=O) groups excluding carboxylic acids is 1. The molecule has 1 atom stereocenters. The second kappa shape index (κ2) is 12.1. The molecule has 2 heterocycles. The molecule has 2 aromatic rings. The lowest BCUT2D eigenvalue weighted by atomic mass is 9.91. The van der Waals surface area contributed by atoms with Gasteiger partial charge in [-0.1, -0.05) is 12.1 Å². The zero-order chi connectivity index (χ0) is 23.8. The van der Waals surface area contributed by atoms with E-state index in [2.05, 4.69) is 20.4 Å². The van der Waals surface area contributed by atoms with Crippen molar-refractivity contribution in [3.05, 3.63) is 59.7 Å². The quantitative estimate of drug-likeness (QED) is 0.564. The molecule has 2 aliphatic heterocycles. The predicted octanol–water partition coefficient (Wildman–Crippen LogP) is 4.27. The Kier molecular flexibility index (Phi) is 8.71. The number of halogens is 2. The van der Waals surface area contributed by atoms with E-state index in [4.69, 9.17) is 4.74 Å². The number of anilines is 2. The van der Waals surface area contributed by atoms with Crippen LogP contribution in [0.2, 0.25) is 0 Å². The van der Waals surface area contributed by atoms with Crippen LogP contribution < -0.4 is 15.5 Å². The minimum absolute atomic E-state index is 0.194. The molecule has 0 aromatic heterocycles. The largest absolute Gasteiger partial charge is 0.378 e. The van der Waals surface area contributed by atoms with E-state index in [-0.39, 0.29) is 17.7 Å². The lowest BCUT2D eigenvalue weighted by molar-refractivity contribution is 0.122. The Hall–Kier alpha value is -2.71. The van der Waals surface area contributed by atoms with Crippen molar-refractivity contribution >= 4 is 17.4 Å². The van der Waals surface area contributed by atoms with Crippen molar-refractivity contribution in [2.45, 2.75) is 25.7 Å². The molecule has 1 unspecified atom stereocenters. The standard InChI is InChI=1S/C26H34F2N4O2/c27-22-6-4-20(5-7-22)15-21-3-1-9-31(19-21)10-2-8-29-26(33)30-24-16-23(28)17-25(18-24)32-11-13-34-14-12-32/h4-7,16-18,21H,1-3,8-15,19H2,(H2,29,30,33). The van der Waals surface area contributed by atoms with Crippen LogP contribution in [0, 0.1) is 17.6 Å². The third-order valence-electron chi connectivity index (χ3n) is 6.49. The molecule has 0 spiro atoms. The highest BCUT2D eigenvalue weighted by Gasteiger charge is 2.20. The number of nitrogens with zero attached hydrogens (tertiary/aromatic N) is 2. The first kappa shape index (κ1) is 24.4. The third kappa shape index (κ3) is 7.40. The fourth-order valence-corrected chi connectivity index (χ4v) is 4.81. The first-order valence-electron chi connectivity index (χ1n) is 12.2. The van der Waals surface area contributed by atoms with E-state index in [1.165, 1.54) is 36.2 Å². The van der Waals surface area contributed by atoms with Crippen LogP contribution in [0.4, 0.5) is 25.0 Å². The fourth-order valence-electron chi connectivity index (χ4n) is 4.81. The number of nitrogens with one attached hydrogen (secondary N) is 2. The smallest absolute Gasteiger partial charge is 0.319 e. The molecule has 2 saturated heterocycles. The molecule has 0 bridgehead atoms. The number of hydrogen-bond donors (Lipinski definition) is 2. The number of likely N-dealkylation sites (tertiary alicyclic amines) is 1. The SMILES string of the molecule is O=C(NCCCN1CCCC(Cc2ccc(F)cc2)C1)Nc1cc(F)cc(N2CCOCC2)c1. The molecule has 34 heavy (non-hydrogen) atoms. The lowest BCUT2D eigenvalue weighted by Crippen LogP contribution is -2.38. The van der Waals surface area contributed by atoms with Gasteiger partial charge in [0.05, 0.1) is 13.2 Å². The van der Waals surface area contributed by atoms with Crippen LogP contribution in [0.1, 0.15) is 24.8 Å². The summed E-state index contributed by atoms with van der Waals surface area (Å²) < 4.78 is 32.6. The molecule has 0 saturated carbocycles. The Morgan fingerprint density at radius 3 is 2.62 bits per heavy atom. The first-order chi connectivity index (χ1) is 16.5. The molecular weight excluding hydrogens is 438 g/mol. The number of urea groups is 1. The van der Waals surface area contributed by atoms with Crippen molar-refractivity contribution in [1.82, 2.24) is 10.2 Å². The summed E-state index contributed by atoms with van der Waals surface area (Å²) in [7, 11) is 0. The molecule has 8 heteroatoms. The van der Waals surface area contributed by atoms with E-state index >= 15 is 0 Å². The Balaban J connectivity index is 1.17. The predicted molar refractivity (Wildman–Crippen MR) is 130 cm³/mol. The van der Waals surface area contributed by atoms with E-state index in [0.717, 1.165) is 44.6 Å². The molecular formula is C26H34F2N4O2.